The summed E-state index contributed by atoms with van der Waals surface area (Å²) in [5.41, 5.74) is -0.182. The summed E-state index contributed by atoms with van der Waals surface area (Å²) in [7, 11) is 4.19. The van der Waals surface area contributed by atoms with Crippen molar-refractivity contribution in [1.82, 2.24) is 4.90 Å². The van der Waals surface area contributed by atoms with Gasteiger partial charge in [-0.25, -0.2) is 0 Å². The minimum atomic E-state index is -0.166. The van der Waals surface area contributed by atoms with E-state index in [4.69, 9.17) is 14.2 Å². The Hall–Kier alpha value is -2.15. The number of esters is 3. The largest absolute Gasteiger partial charge is 0.465 e. The molecule has 53 heavy (non-hydrogen) atoms. The zero-order valence-electron chi connectivity index (χ0n) is 35.5. The van der Waals surface area contributed by atoms with E-state index in [2.05, 4.69) is 58.8 Å². The average molecular weight is 746 g/mol. The van der Waals surface area contributed by atoms with Crippen molar-refractivity contribution in [2.75, 3.05) is 33.9 Å². The minimum absolute atomic E-state index is 0.00481. The predicted octanol–water partition coefficient (Wildman–Crippen LogP) is 12.3. The molecule has 0 spiro atoms. The van der Waals surface area contributed by atoms with Crippen LogP contribution in [0.4, 0.5) is 0 Å². The van der Waals surface area contributed by atoms with Crippen molar-refractivity contribution >= 4 is 17.9 Å². The Morgan fingerprint density at radius 2 is 0.962 bits per heavy atom. The normalized spacial score (nSPS) is 21.8. The molecule has 0 N–H and O–H groups in total. The van der Waals surface area contributed by atoms with Gasteiger partial charge in [-0.3, -0.25) is 14.4 Å². The van der Waals surface area contributed by atoms with Gasteiger partial charge in [-0.2, -0.15) is 0 Å². The molecule has 308 valence electrons. The Bertz CT molecular complexity index is 946. The van der Waals surface area contributed by atoms with Gasteiger partial charge in [0, 0.05) is 6.54 Å². The maximum Gasteiger partial charge on any atom is 0.309 e. The topological polar surface area (TPSA) is 82.1 Å². The predicted molar refractivity (Wildman–Crippen MR) is 221 cm³/mol. The van der Waals surface area contributed by atoms with E-state index in [1.807, 2.05) is 12.2 Å². The average Bonchev–Trinajstić information content (AvgIpc) is 3.08. The van der Waals surface area contributed by atoms with Gasteiger partial charge in [0.2, 0.25) is 0 Å². The standard InChI is InChI=1S/C46H83NO6/c1-45(2,46(3,4)40-47(5)6)39-44(50)53-41-33-27-21-15-9-7-11-17-23-29-35-42(48)51-37-31-25-19-13-14-20-26-32-38-52-43(49)36-30-24-18-12-8-10-16-22-28-34-41/h23-24,29-30,41H,7-22,25-28,31-40H2,1-6H3/b29-23-,30-24-. The summed E-state index contributed by atoms with van der Waals surface area (Å²) in [4.78, 5) is 39.6. The maximum atomic E-state index is 13.3. The van der Waals surface area contributed by atoms with Crippen LogP contribution in [0.3, 0.4) is 0 Å². The Kier molecular flexibility index (Phi) is 28.7. The van der Waals surface area contributed by atoms with Crippen molar-refractivity contribution in [3.8, 4) is 0 Å². The Labute approximate surface area is 326 Å². The van der Waals surface area contributed by atoms with Crippen LogP contribution in [-0.4, -0.2) is 62.8 Å². The molecule has 0 aromatic rings. The van der Waals surface area contributed by atoms with Gasteiger partial charge in [0.05, 0.1) is 32.5 Å². The summed E-state index contributed by atoms with van der Waals surface area (Å²) < 4.78 is 17.0. The highest BCUT2D eigenvalue weighted by Gasteiger charge is 2.39. The summed E-state index contributed by atoms with van der Waals surface area (Å²) in [5, 5.41) is 0. The number of carbonyl (C=O) groups excluding carboxylic acids is 3. The fourth-order valence-electron chi connectivity index (χ4n) is 7.13. The number of hydrogen-bond donors (Lipinski definition) is 0. The molecule has 0 unspecified atom stereocenters. The number of nitrogens with zero attached hydrogens (tertiary/aromatic N) is 1. The lowest BCUT2D eigenvalue weighted by Gasteiger charge is -2.43. The molecule has 1 rings (SSSR count). The molecule has 0 fully saturated rings. The third-order valence-corrected chi connectivity index (χ3v) is 11.2. The lowest BCUT2D eigenvalue weighted by molar-refractivity contribution is -0.154. The van der Waals surface area contributed by atoms with Crippen molar-refractivity contribution in [2.45, 2.75) is 207 Å². The van der Waals surface area contributed by atoms with Crippen LogP contribution in [0.15, 0.2) is 24.3 Å². The quantitative estimate of drug-likeness (QED) is 0.152. The molecule has 0 atom stereocenters. The lowest BCUT2D eigenvalue weighted by atomic mass is 9.66. The molecular formula is C46H83NO6. The zero-order chi connectivity index (χ0) is 39.0. The second-order valence-electron chi connectivity index (χ2n) is 17.3. The van der Waals surface area contributed by atoms with Crippen molar-refractivity contribution in [2.24, 2.45) is 10.8 Å². The smallest absolute Gasteiger partial charge is 0.309 e. The zero-order valence-corrected chi connectivity index (χ0v) is 35.5. The van der Waals surface area contributed by atoms with Gasteiger partial charge in [-0.15, -0.1) is 0 Å². The number of ether oxygens (including phenoxy) is 3. The van der Waals surface area contributed by atoms with Gasteiger partial charge >= 0.3 is 17.9 Å². The Morgan fingerprint density at radius 1 is 0.585 bits per heavy atom. The number of rotatable bonds is 6. The van der Waals surface area contributed by atoms with E-state index >= 15 is 0 Å². The summed E-state index contributed by atoms with van der Waals surface area (Å²) in [5.74, 6) is -0.306. The van der Waals surface area contributed by atoms with E-state index in [9.17, 15) is 14.4 Å². The molecule has 1 aliphatic heterocycles. The number of hydrogen-bond acceptors (Lipinski definition) is 7. The van der Waals surface area contributed by atoms with E-state index in [0.29, 0.717) is 32.5 Å². The molecule has 0 aliphatic carbocycles. The highest BCUT2D eigenvalue weighted by atomic mass is 16.5. The summed E-state index contributed by atoms with van der Waals surface area (Å²) in [6, 6.07) is 0. The van der Waals surface area contributed by atoms with Crippen LogP contribution >= 0.6 is 0 Å². The van der Waals surface area contributed by atoms with Gasteiger partial charge < -0.3 is 19.1 Å². The minimum Gasteiger partial charge on any atom is -0.465 e. The molecule has 0 aromatic carbocycles. The first-order valence-corrected chi connectivity index (χ1v) is 21.9. The fraction of sp³-hybridized carbons (Fsp3) is 0.848. The molecule has 0 aromatic heterocycles. The number of cyclic esters (lactones) is 2. The Balaban J connectivity index is 2.58. The van der Waals surface area contributed by atoms with Crippen LogP contribution in [0.5, 0.6) is 0 Å². The van der Waals surface area contributed by atoms with Gasteiger partial charge in [0.15, 0.2) is 0 Å². The summed E-state index contributed by atoms with van der Waals surface area (Å²) in [6.07, 6.45) is 36.2. The van der Waals surface area contributed by atoms with E-state index in [-0.39, 0.29) is 34.8 Å². The van der Waals surface area contributed by atoms with Gasteiger partial charge in [-0.05, 0) is 89.1 Å². The lowest BCUT2D eigenvalue weighted by Crippen LogP contribution is -2.42. The SMILES string of the molecule is CN(C)CC(C)(C)C(C)(C)CC(=O)OC1CCCCCCCC/C=C\CC(=O)OCCCCCCCCCCOC(=O)C/C=C\CCCCCCCC1. The van der Waals surface area contributed by atoms with E-state index in [1.54, 1.807) is 0 Å². The van der Waals surface area contributed by atoms with Gasteiger partial charge in [-0.1, -0.05) is 142 Å². The Morgan fingerprint density at radius 3 is 1.38 bits per heavy atom. The van der Waals surface area contributed by atoms with Crippen molar-refractivity contribution in [3.63, 3.8) is 0 Å². The highest BCUT2D eigenvalue weighted by Crippen LogP contribution is 2.42. The van der Waals surface area contributed by atoms with E-state index < -0.39 is 0 Å². The number of carbonyl (C=O) groups is 3. The third-order valence-electron chi connectivity index (χ3n) is 11.2. The first-order valence-electron chi connectivity index (χ1n) is 21.9. The van der Waals surface area contributed by atoms with Gasteiger partial charge in [0.1, 0.15) is 6.10 Å². The van der Waals surface area contributed by atoms with Crippen LogP contribution in [0.2, 0.25) is 0 Å². The van der Waals surface area contributed by atoms with Crippen LogP contribution in [0.1, 0.15) is 201 Å². The summed E-state index contributed by atoms with van der Waals surface area (Å²) in [6.45, 7) is 10.9. The molecule has 7 heteroatoms. The van der Waals surface area contributed by atoms with Gasteiger partial charge in [0.25, 0.3) is 0 Å². The first kappa shape index (κ1) is 48.9. The molecular weight excluding hydrogens is 663 g/mol. The molecule has 7 nitrogen and oxygen atoms in total. The molecule has 0 saturated carbocycles. The monoisotopic (exact) mass is 746 g/mol. The second kappa shape index (κ2) is 31.1. The fourth-order valence-corrected chi connectivity index (χ4v) is 7.13. The summed E-state index contributed by atoms with van der Waals surface area (Å²) >= 11 is 0. The molecule has 0 radical (unpaired) electrons. The van der Waals surface area contributed by atoms with Crippen molar-refractivity contribution < 1.29 is 28.6 Å². The van der Waals surface area contributed by atoms with Crippen molar-refractivity contribution in [1.29, 1.82) is 0 Å². The maximum absolute atomic E-state index is 13.3. The van der Waals surface area contributed by atoms with Crippen LogP contribution in [0, 0.1) is 10.8 Å². The van der Waals surface area contributed by atoms with Crippen LogP contribution in [-0.2, 0) is 28.6 Å². The first-order chi connectivity index (χ1) is 25.4. The second-order valence-corrected chi connectivity index (χ2v) is 17.3. The van der Waals surface area contributed by atoms with E-state index in [0.717, 1.165) is 83.6 Å². The molecule has 1 aliphatic rings. The number of allylic oxidation sites excluding steroid dienone is 2. The van der Waals surface area contributed by atoms with Crippen LogP contribution < -0.4 is 0 Å². The molecule has 0 amide bonds. The third kappa shape index (κ3) is 28.0. The van der Waals surface area contributed by atoms with E-state index in [1.165, 1.54) is 77.0 Å². The molecule has 0 saturated heterocycles. The van der Waals surface area contributed by atoms with Crippen molar-refractivity contribution in [3.05, 3.63) is 24.3 Å². The highest BCUT2D eigenvalue weighted by molar-refractivity contribution is 5.71. The van der Waals surface area contributed by atoms with Crippen LogP contribution in [0.25, 0.3) is 0 Å². The molecule has 1 heterocycles. The molecule has 0 bridgehead atoms.